The molecule has 0 aliphatic rings. The van der Waals surface area contributed by atoms with Gasteiger partial charge in [-0.25, -0.2) is 9.59 Å². The molecule has 6 nitrogen and oxygen atoms in total. The van der Waals surface area contributed by atoms with E-state index in [-0.39, 0.29) is 5.97 Å². The third-order valence-electron chi connectivity index (χ3n) is 5.15. The average Bonchev–Trinajstić information content (AvgIpc) is 2.71. The molecule has 2 aromatic carbocycles. The molecule has 2 aromatic rings. The zero-order valence-electron chi connectivity index (χ0n) is 19.2. The van der Waals surface area contributed by atoms with Gasteiger partial charge in [-0.1, -0.05) is 37.3 Å². The van der Waals surface area contributed by atoms with E-state index in [1.165, 1.54) is 0 Å². The Kier molecular flexibility index (Phi) is 9.21. The summed E-state index contributed by atoms with van der Waals surface area (Å²) < 4.78 is 5.43. The number of nitrogens with zero attached hydrogens (tertiary/aromatic N) is 2. The van der Waals surface area contributed by atoms with Gasteiger partial charge in [-0.3, -0.25) is 0 Å². The summed E-state index contributed by atoms with van der Waals surface area (Å²) in [5, 5.41) is 9.64. The molecule has 6 heteroatoms. The van der Waals surface area contributed by atoms with Crippen molar-refractivity contribution in [3.05, 3.63) is 59.2 Å². The van der Waals surface area contributed by atoms with Crippen LogP contribution in [0, 0.1) is 5.92 Å². The lowest BCUT2D eigenvalue weighted by molar-refractivity contribution is 0.0482. The number of ether oxygens (including phenoxy) is 1. The minimum absolute atomic E-state index is 0.312. The highest BCUT2D eigenvalue weighted by molar-refractivity contribution is 5.98. The number of aromatic carboxylic acids is 1. The molecule has 1 atom stereocenters. The van der Waals surface area contributed by atoms with Crippen LogP contribution in [0.2, 0.25) is 0 Å². The van der Waals surface area contributed by atoms with Gasteiger partial charge in [-0.2, -0.15) is 0 Å². The highest BCUT2D eigenvalue weighted by atomic mass is 16.5. The van der Waals surface area contributed by atoms with E-state index in [1.807, 2.05) is 57.4 Å². The van der Waals surface area contributed by atoms with E-state index in [0.29, 0.717) is 36.6 Å². The SMILES string of the molecule is CC(CCc1cc(-c2ccccc2C(=O)OCCN(C)C)ccc1C(=O)O)CN(C)C. The molecule has 0 aliphatic carbocycles. The van der Waals surface area contributed by atoms with Gasteiger partial charge < -0.3 is 19.6 Å². The van der Waals surface area contributed by atoms with Crippen LogP contribution in [0.5, 0.6) is 0 Å². The lowest BCUT2D eigenvalue weighted by atomic mass is 9.92. The molecule has 1 unspecified atom stereocenters. The molecule has 0 amide bonds. The van der Waals surface area contributed by atoms with Crippen LogP contribution in [0.4, 0.5) is 0 Å². The van der Waals surface area contributed by atoms with Crippen molar-refractivity contribution < 1.29 is 19.4 Å². The summed E-state index contributed by atoms with van der Waals surface area (Å²) >= 11 is 0. The highest BCUT2D eigenvalue weighted by Crippen LogP contribution is 2.28. The van der Waals surface area contributed by atoms with E-state index in [9.17, 15) is 14.7 Å². The fourth-order valence-electron chi connectivity index (χ4n) is 3.60. The number of hydrogen-bond acceptors (Lipinski definition) is 5. The van der Waals surface area contributed by atoms with Gasteiger partial charge in [0.05, 0.1) is 11.1 Å². The molecule has 0 bridgehead atoms. The van der Waals surface area contributed by atoms with Gasteiger partial charge in [0.1, 0.15) is 6.61 Å². The molecule has 0 saturated carbocycles. The van der Waals surface area contributed by atoms with Crippen LogP contribution in [0.25, 0.3) is 11.1 Å². The normalized spacial score (nSPS) is 12.2. The molecule has 168 valence electrons. The monoisotopic (exact) mass is 426 g/mol. The maximum Gasteiger partial charge on any atom is 0.338 e. The minimum atomic E-state index is -0.932. The Labute approximate surface area is 185 Å². The molecule has 2 rings (SSSR count). The first kappa shape index (κ1) is 24.6. The summed E-state index contributed by atoms with van der Waals surface area (Å²) in [7, 11) is 7.92. The molecule has 0 fully saturated rings. The zero-order valence-corrected chi connectivity index (χ0v) is 19.2. The van der Waals surface area contributed by atoms with Crippen LogP contribution in [-0.4, -0.2) is 74.7 Å². The summed E-state index contributed by atoms with van der Waals surface area (Å²) in [4.78, 5) is 28.5. The average molecular weight is 427 g/mol. The number of carbonyl (C=O) groups is 2. The number of carbonyl (C=O) groups excluding carboxylic acids is 1. The fraction of sp³-hybridized carbons (Fsp3) is 0.440. The number of carboxylic acids is 1. The first-order valence-electron chi connectivity index (χ1n) is 10.6. The highest BCUT2D eigenvalue weighted by Gasteiger charge is 2.17. The second-order valence-electron chi connectivity index (χ2n) is 8.57. The molecule has 0 saturated heterocycles. The standard InChI is InChI=1S/C25H34N2O4/c1-18(17-27(4)5)10-11-20-16-19(12-13-22(20)24(28)29)21-8-6-7-9-23(21)25(30)31-15-14-26(2)3/h6-9,12-13,16,18H,10-11,14-15,17H2,1-5H3,(H,28,29). The van der Waals surface area contributed by atoms with Crippen molar-refractivity contribution in [2.24, 2.45) is 5.92 Å². The number of likely N-dealkylation sites (N-methyl/N-ethyl adjacent to an activating group) is 1. The van der Waals surface area contributed by atoms with Crippen molar-refractivity contribution in [1.82, 2.24) is 9.80 Å². The van der Waals surface area contributed by atoms with Gasteiger partial charge in [-0.15, -0.1) is 0 Å². The van der Waals surface area contributed by atoms with Crippen molar-refractivity contribution in [1.29, 1.82) is 0 Å². The maximum absolute atomic E-state index is 12.7. The van der Waals surface area contributed by atoms with Crippen LogP contribution < -0.4 is 0 Å². The van der Waals surface area contributed by atoms with Gasteiger partial charge in [-0.05, 0) is 75.8 Å². The lowest BCUT2D eigenvalue weighted by Crippen LogP contribution is -2.20. The Hall–Kier alpha value is -2.70. The van der Waals surface area contributed by atoms with E-state index < -0.39 is 5.97 Å². The van der Waals surface area contributed by atoms with Crippen LogP contribution in [0.1, 0.15) is 39.6 Å². The molecule has 0 aromatic heterocycles. The summed E-state index contributed by atoms with van der Waals surface area (Å²) in [5.74, 6) is -0.863. The zero-order chi connectivity index (χ0) is 23.0. The summed E-state index contributed by atoms with van der Waals surface area (Å²) in [6.45, 7) is 4.08. The lowest BCUT2D eigenvalue weighted by Gasteiger charge is -2.18. The van der Waals surface area contributed by atoms with E-state index in [0.717, 1.165) is 29.7 Å². The van der Waals surface area contributed by atoms with Crippen LogP contribution >= 0.6 is 0 Å². The van der Waals surface area contributed by atoms with Gasteiger partial charge in [0, 0.05) is 13.1 Å². The maximum atomic E-state index is 12.7. The van der Waals surface area contributed by atoms with Crippen molar-refractivity contribution in [3.63, 3.8) is 0 Å². The van der Waals surface area contributed by atoms with Gasteiger partial charge in [0.25, 0.3) is 0 Å². The van der Waals surface area contributed by atoms with Crippen molar-refractivity contribution in [3.8, 4) is 11.1 Å². The Balaban J connectivity index is 2.30. The van der Waals surface area contributed by atoms with Gasteiger partial charge in [0.15, 0.2) is 0 Å². The van der Waals surface area contributed by atoms with Crippen molar-refractivity contribution in [2.45, 2.75) is 19.8 Å². The molecule has 0 aliphatic heterocycles. The molecule has 1 N–H and O–H groups in total. The van der Waals surface area contributed by atoms with Gasteiger partial charge in [0.2, 0.25) is 0 Å². The number of carboxylic acid groups (broad SMARTS) is 1. The third-order valence-corrected chi connectivity index (χ3v) is 5.15. The largest absolute Gasteiger partial charge is 0.478 e. The van der Waals surface area contributed by atoms with E-state index in [4.69, 9.17) is 4.74 Å². The quantitative estimate of drug-likeness (QED) is 0.550. The number of benzene rings is 2. The summed E-state index contributed by atoms with van der Waals surface area (Å²) in [6, 6.07) is 12.6. The van der Waals surface area contributed by atoms with Crippen molar-refractivity contribution in [2.75, 3.05) is 47.9 Å². The Bertz CT molecular complexity index is 893. The second kappa shape index (κ2) is 11.6. The fourth-order valence-corrected chi connectivity index (χ4v) is 3.60. The second-order valence-corrected chi connectivity index (χ2v) is 8.57. The minimum Gasteiger partial charge on any atom is -0.478 e. The molecule has 31 heavy (non-hydrogen) atoms. The molecular formula is C25H34N2O4. The Morgan fingerprint density at radius 3 is 2.35 bits per heavy atom. The molecule has 0 heterocycles. The van der Waals surface area contributed by atoms with Crippen molar-refractivity contribution >= 4 is 11.9 Å². The predicted octanol–water partition coefficient (Wildman–Crippen LogP) is 3.90. The first-order valence-corrected chi connectivity index (χ1v) is 10.6. The molecule has 0 spiro atoms. The van der Waals surface area contributed by atoms with E-state index in [1.54, 1.807) is 18.2 Å². The van der Waals surface area contributed by atoms with Gasteiger partial charge >= 0.3 is 11.9 Å². The molecule has 0 radical (unpaired) electrons. The smallest absolute Gasteiger partial charge is 0.338 e. The van der Waals surface area contributed by atoms with E-state index in [2.05, 4.69) is 11.8 Å². The summed E-state index contributed by atoms with van der Waals surface area (Å²) in [6.07, 6.45) is 1.55. The number of esters is 1. The Morgan fingerprint density at radius 1 is 1.00 bits per heavy atom. The van der Waals surface area contributed by atoms with Crippen LogP contribution in [0.3, 0.4) is 0 Å². The predicted molar refractivity (Wildman–Crippen MR) is 124 cm³/mol. The summed E-state index contributed by atoms with van der Waals surface area (Å²) in [5.41, 5.74) is 3.15. The van der Waals surface area contributed by atoms with Crippen LogP contribution in [-0.2, 0) is 11.2 Å². The van der Waals surface area contributed by atoms with Crippen LogP contribution in [0.15, 0.2) is 42.5 Å². The first-order chi connectivity index (χ1) is 14.7. The number of rotatable bonds is 11. The number of aryl methyl sites for hydroxylation is 1. The number of hydrogen-bond donors (Lipinski definition) is 1. The topological polar surface area (TPSA) is 70.1 Å². The van der Waals surface area contributed by atoms with E-state index >= 15 is 0 Å². The third kappa shape index (κ3) is 7.49. The Morgan fingerprint density at radius 2 is 1.71 bits per heavy atom. The molecular weight excluding hydrogens is 392 g/mol.